The van der Waals surface area contributed by atoms with Crippen molar-refractivity contribution in [1.82, 2.24) is 24.7 Å². The number of nitrogens with zero attached hydrogens (tertiary/aromatic N) is 3. The van der Waals surface area contributed by atoms with Gasteiger partial charge in [0.1, 0.15) is 30.0 Å². The Morgan fingerprint density at radius 2 is 1.73 bits per heavy atom. The minimum Gasteiger partial charge on any atom is -0.490 e. The number of carbonyl (C=O) groups excluding carboxylic acids is 4. The van der Waals surface area contributed by atoms with Crippen LogP contribution in [0.5, 0.6) is 5.75 Å². The number of alkyl carbamates (subject to hydrolysis) is 1. The van der Waals surface area contributed by atoms with Gasteiger partial charge in [-0.1, -0.05) is 38.1 Å². The molecule has 0 aromatic heterocycles. The fourth-order valence-corrected chi connectivity index (χ4v) is 7.15. The Balaban J connectivity index is 0.00000345. The average Bonchev–Trinajstić information content (AvgIpc) is 3.10. The first kappa shape index (κ1) is 42.0. The first-order valence-electron chi connectivity index (χ1n) is 18.3. The molecule has 4 rings (SSSR count). The molecule has 1 atom stereocenters. The van der Waals surface area contributed by atoms with Gasteiger partial charge in [0.05, 0.1) is 6.04 Å². The number of hydrogen-bond acceptors (Lipinski definition) is 10. The highest BCUT2D eigenvalue weighted by atomic mass is 32.2. The van der Waals surface area contributed by atoms with E-state index in [0.717, 1.165) is 92.8 Å². The first-order valence-corrected chi connectivity index (χ1v) is 19.1. The minimum absolute atomic E-state index is 0.100. The predicted molar refractivity (Wildman–Crippen MR) is 203 cm³/mol. The standard InChI is InChI=1S/C37H53N5O6S.C2H6/c1-37(2,3)48-36(46)39-30-13-19-42(20-14-30)49-34-8-6-7-33(22-34)47-32-15-17-41(18-16-32)23-27-9-10-28(25-43)29(21-27)24-40(5)31(26-44)11-12-35(45)38-4;1-2/h6-10,21-22,25-26,30-32H,11-20,23-24H2,1-5H3,(H,38,45)(H,39,46);1-2H3. The summed E-state index contributed by atoms with van der Waals surface area (Å²) in [7, 11) is 3.43. The summed E-state index contributed by atoms with van der Waals surface area (Å²) in [5.41, 5.74) is 2.11. The molecule has 0 aliphatic carbocycles. The second-order valence-corrected chi connectivity index (χ2v) is 15.2. The van der Waals surface area contributed by atoms with Crippen LogP contribution in [0.1, 0.15) is 94.6 Å². The molecule has 2 aliphatic heterocycles. The fourth-order valence-electron chi connectivity index (χ4n) is 6.15. The van der Waals surface area contributed by atoms with E-state index in [-0.39, 0.29) is 30.6 Å². The van der Waals surface area contributed by atoms with E-state index in [2.05, 4.69) is 38.0 Å². The maximum Gasteiger partial charge on any atom is 0.407 e. The second-order valence-electron chi connectivity index (χ2n) is 14.0. The molecule has 11 nitrogen and oxygen atoms in total. The van der Waals surface area contributed by atoms with Crippen LogP contribution in [0, 0.1) is 0 Å². The van der Waals surface area contributed by atoms with Gasteiger partial charge in [-0.25, -0.2) is 9.10 Å². The summed E-state index contributed by atoms with van der Waals surface area (Å²) in [6, 6.07) is 13.9. The summed E-state index contributed by atoms with van der Waals surface area (Å²) >= 11 is 1.73. The van der Waals surface area contributed by atoms with Crippen molar-refractivity contribution in [1.29, 1.82) is 0 Å². The molecular formula is C39H59N5O6S. The molecule has 1 unspecified atom stereocenters. The van der Waals surface area contributed by atoms with Crippen LogP contribution in [0.25, 0.3) is 0 Å². The Morgan fingerprint density at radius 1 is 1.02 bits per heavy atom. The molecule has 0 spiro atoms. The monoisotopic (exact) mass is 725 g/mol. The van der Waals surface area contributed by atoms with Crippen LogP contribution in [-0.4, -0.2) is 103 Å². The van der Waals surface area contributed by atoms with Crippen molar-refractivity contribution >= 4 is 36.5 Å². The van der Waals surface area contributed by atoms with Gasteiger partial charge in [0, 0.05) is 69.2 Å². The molecule has 51 heavy (non-hydrogen) atoms. The molecule has 2 aromatic rings. The van der Waals surface area contributed by atoms with E-state index in [1.54, 1.807) is 19.0 Å². The predicted octanol–water partition coefficient (Wildman–Crippen LogP) is 6.09. The quantitative estimate of drug-likeness (QED) is 0.165. The summed E-state index contributed by atoms with van der Waals surface area (Å²) in [4.78, 5) is 52.8. The second kappa shape index (κ2) is 21.2. The third kappa shape index (κ3) is 14.6. The van der Waals surface area contributed by atoms with Crippen LogP contribution in [0.3, 0.4) is 0 Å². The van der Waals surface area contributed by atoms with E-state index in [9.17, 15) is 19.2 Å². The van der Waals surface area contributed by atoms with E-state index < -0.39 is 11.6 Å². The van der Waals surface area contributed by atoms with E-state index >= 15 is 0 Å². The van der Waals surface area contributed by atoms with Crippen molar-refractivity contribution in [2.24, 2.45) is 0 Å². The van der Waals surface area contributed by atoms with Crippen molar-refractivity contribution in [3.63, 3.8) is 0 Å². The van der Waals surface area contributed by atoms with Crippen LogP contribution >= 0.6 is 11.9 Å². The number of likely N-dealkylation sites (tertiary alicyclic amines) is 1. The zero-order valence-corrected chi connectivity index (χ0v) is 32.4. The van der Waals surface area contributed by atoms with Crippen molar-refractivity contribution in [3.8, 4) is 5.75 Å². The lowest BCUT2D eigenvalue weighted by atomic mass is 10.0. The zero-order valence-electron chi connectivity index (χ0n) is 31.6. The normalized spacial score (nSPS) is 16.8. The molecule has 2 N–H and O–H groups in total. The molecular weight excluding hydrogens is 667 g/mol. The highest BCUT2D eigenvalue weighted by Gasteiger charge is 2.25. The van der Waals surface area contributed by atoms with Crippen LogP contribution in [0.4, 0.5) is 4.79 Å². The molecule has 0 radical (unpaired) electrons. The van der Waals surface area contributed by atoms with Crippen LogP contribution in [0.15, 0.2) is 47.4 Å². The van der Waals surface area contributed by atoms with Gasteiger partial charge in [-0.3, -0.25) is 19.4 Å². The molecule has 12 heteroatoms. The van der Waals surface area contributed by atoms with Gasteiger partial charge < -0.3 is 24.9 Å². The maximum atomic E-state index is 12.1. The number of carbonyl (C=O) groups is 4. The smallest absolute Gasteiger partial charge is 0.407 e. The minimum atomic E-state index is -0.500. The molecule has 0 saturated carbocycles. The number of likely N-dealkylation sites (N-methyl/N-ethyl adjacent to an activating group) is 1. The van der Waals surface area contributed by atoms with E-state index in [4.69, 9.17) is 9.47 Å². The molecule has 2 fully saturated rings. The summed E-state index contributed by atoms with van der Waals surface area (Å²) in [5, 5.41) is 5.59. The SMILES string of the molecule is CC.CNC(=O)CCC(C=O)N(C)Cc1cc(CN2CCC(Oc3cccc(SN4CCC(NC(=O)OC(C)(C)C)CC4)c3)CC2)ccc1C=O. The van der Waals surface area contributed by atoms with Gasteiger partial charge in [-0.15, -0.1) is 0 Å². The number of nitrogens with one attached hydrogen (secondary N) is 2. The number of piperidine rings is 2. The third-order valence-corrected chi connectivity index (χ3v) is 9.97. The van der Waals surface area contributed by atoms with Gasteiger partial charge in [0.15, 0.2) is 0 Å². The van der Waals surface area contributed by atoms with Crippen LogP contribution in [0.2, 0.25) is 0 Å². The third-order valence-electron chi connectivity index (χ3n) is 8.88. The van der Waals surface area contributed by atoms with Crippen molar-refractivity contribution in [2.75, 3.05) is 40.3 Å². The van der Waals surface area contributed by atoms with Gasteiger partial charge in [-0.2, -0.15) is 0 Å². The molecule has 2 amide bonds. The summed E-state index contributed by atoms with van der Waals surface area (Å²) < 4.78 is 14.2. The van der Waals surface area contributed by atoms with E-state index in [1.807, 2.05) is 70.8 Å². The molecule has 2 aromatic carbocycles. The van der Waals surface area contributed by atoms with E-state index in [0.29, 0.717) is 18.5 Å². The molecule has 282 valence electrons. The lowest BCUT2D eigenvalue weighted by molar-refractivity contribution is -0.121. The molecule has 2 heterocycles. The van der Waals surface area contributed by atoms with Gasteiger partial charge in [-0.05, 0) is 101 Å². The van der Waals surface area contributed by atoms with Crippen LogP contribution < -0.4 is 15.4 Å². The van der Waals surface area contributed by atoms with Gasteiger partial charge in [0.25, 0.3) is 0 Å². The van der Waals surface area contributed by atoms with Crippen LogP contribution in [-0.2, 0) is 27.4 Å². The van der Waals surface area contributed by atoms with Crippen molar-refractivity contribution in [2.45, 2.75) is 115 Å². The summed E-state index contributed by atoms with van der Waals surface area (Å²) in [6.45, 7) is 14.4. The molecule has 0 bridgehead atoms. The van der Waals surface area contributed by atoms with Gasteiger partial charge in [0.2, 0.25) is 5.91 Å². The average molecular weight is 726 g/mol. The Hall–Kier alpha value is -3.45. The summed E-state index contributed by atoms with van der Waals surface area (Å²) in [6.07, 6.45) is 5.81. The topological polar surface area (TPSA) is 121 Å². The molecule has 2 aliphatic rings. The number of ether oxygens (including phenoxy) is 2. The largest absolute Gasteiger partial charge is 0.490 e. The lowest BCUT2D eigenvalue weighted by Gasteiger charge is -2.33. The number of rotatable bonds is 15. The van der Waals surface area contributed by atoms with Gasteiger partial charge >= 0.3 is 6.09 Å². The fraction of sp³-hybridized carbons (Fsp3) is 0.590. The zero-order chi connectivity index (χ0) is 37.4. The highest BCUT2D eigenvalue weighted by molar-refractivity contribution is 7.97. The number of amides is 2. The highest BCUT2D eigenvalue weighted by Crippen LogP contribution is 2.30. The number of benzene rings is 2. The van der Waals surface area contributed by atoms with E-state index in [1.165, 1.54) is 0 Å². The Labute approximate surface area is 309 Å². The lowest BCUT2D eigenvalue weighted by Crippen LogP contribution is -2.44. The Kier molecular flexibility index (Phi) is 17.4. The summed E-state index contributed by atoms with van der Waals surface area (Å²) in [5.74, 6) is 0.782. The first-order chi connectivity index (χ1) is 24.4. The van der Waals surface area contributed by atoms with Crippen molar-refractivity contribution < 1.29 is 28.7 Å². The Bertz CT molecular complexity index is 1400. The van der Waals surface area contributed by atoms with Crippen molar-refractivity contribution in [3.05, 3.63) is 59.2 Å². The Morgan fingerprint density at radius 3 is 2.35 bits per heavy atom. The molecule has 2 saturated heterocycles. The number of aldehydes is 2. The number of hydrogen-bond donors (Lipinski definition) is 2. The maximum absolute atomic E-state index is 12.1.